The van der Waals surface area contributed by atoms with E-state index in [9.17, 15) is 4.79 Å². The van der Waals surface area contributed by atoms with Gasteiger partial charge in [-0.15, -0.1) is 0 Å². The number of carbonyl (C=O) groups excluding carboxylic acids is 1. The minimum Gasteiger partial charge on any atom is -0.344 e. The normalized spacial score (nSPS) is 14.4. The van der Waals surface area contributed by atoms with Crippen LogP contribution in [0.2, 0.25) is 0 Å². The summed E-state index contributed by atoms with van der Waals surface area (Å²) in [5.74, 6) is 0.886. The fraction of sp³-hybridized carbons (Fsp3) is 0.348. The number of anilines is 2. The van der Waals surface area contributed by atoms with Crippen LogP contribution in [0.1, 0.15) is 17.0 Å². The van der Waals surface area contributed by atoms with E-state index < -0.39 is 0 Å². The number of para-hydroxylation sites is 1. The number of piperazine rings is 1. The van der Waals surface area contributed by atoms with Crippen molar-refractivity contribution in [3.05, 3.63) is 70.0 Å². The highest BCUT2D eigenvalue weighted by molar-refractivity contribution is 9.10. The summed E-state index contributed by atoms with van der Waals surface area (Å²) in [6.45, 7) is 7.25. The number of rotatable bonds is 7. The second-order valence-electron chi connectivity index (χ2n) is 7.84. The smallest absolute Gasteiger partial charge is 0.319 e. The fourth-order valence-electron chi connectivity index (χ4n) is 3.55. The van der Waals surface area contributed by atoms with Crippen molar-refractivity contribution in [2.75, 3.05) is 49.5 Å². The van der Waals surface area contributed by atoms with E-state index in [0.717, 1.165) is 60.3 Å². The number of hydrogen-bond donors (Lipinski definition) is 2. The van der Waals surface area contributed by atoms with Gasteiger partial charge in [0, 0.05) is 61.7 Å². The van der Waals surface area contributed by atoms with E-state index in [2.05, 4.69) is 71.9 Å². The number of benzene rings is 2. The Balaban J connectivity index is 1.18. The molecule has 0 unspecified atom stereocenters. The van der Waals surface area contributed by atoms with Crippen LogP contribution < -0.4 is 15.5 Å². The summed E-state index contributed by atoms with van der Waals surface area (Å²) >= 11 is 4.92. The Morgan fingerprint density at radius 1 is 1.09 bits per heavy atom. The lowest BCUT2D eigenvalue weighted by Gasteiger charge is -2.34. The summed E-state index contributed by atoms with van der Waals surface area (Å²) in [5, 5.41) is 6.79. The summed E-state index contributed by atoms with van der Waals surface area (Å²) in [6.07, 6.45) is 0.768. The van der Waals surface area contributed by atoms with E-state index in [1.54, 1.807) is 0 Å². The van der Waals surface area contributed by atoms with Crippen LogP contribution in [0.15, 0.2) is 53.0 Å². The molecule has 32 heavy (non-hydrogen) atoms. The minimum absolute atomic E-state index is 0.189. The van der Waals surface area contributed by atoms with E-state index in [1.807, 2.05) is 24.3 Å². The first-order valence-electron chi connectivity index (χ1n) is 10.7. The first-order chi connectivity index (χ1) is 15.6. The van der Waals surface area contributed by atoms with E-state index >= 15 is 0 Å². The summed E-state index contributed by atoms with van der Waals surface area (Å²) < 4.78 is 5.42. The van der Waals surface area contributed by atoms with E-state index in [-0.39, 0.29) is 6.03 Å². The summed E-state index contributed by atoms with van der Waals surface area (Å²) in [7, 11) is 0. The van der Waals surface area contributed by atoms with Gasteiger partial charge in [0.1, 0.15) is 5.82 Å². The number of nitrogens with one attached hydrogen (secondary N) is 2. The molecule has 7 nitrogen and oxygen atoms in total. The van der Waals surface area contributed by atoms with Crippen LogP contribution in [0.3, 0.4) is 0 Å². The number of urea groups is 1. The Labute approximate surface area is 201 Å². The zero-order valence-electron chi connectivity index (χ0n) is 18.1. The predicted molar refractivity (Wildman–Crippen MR) is 134 cm³/mol. The summed E-state index contributed by atoms with van der Waals surface area (Å²) in [6, 6.07) is 15.9. The molecule has 0 atom stereocenters. The van der Waals surface area contributed by atoms with Gasteiger partial charge < -0.3 is 15.5 Å². The van der Waals surface area contributed by atoms with Gasteiger partial charge in [-0.3, -0.25) is 4.90 Å². The average molecular weight is 515 g/mol. The van der Waals surface area contributed by atoms with Crippen LogP contribution >= 0.6 is 27.5 Å². The number of amides is 2. The highest BCUT2D eigenvalue weighted by Crippen LogP contribution is 2.21. The molecule has 0 bridgehead atoms. The lowest BCUT2D eigenvalue weighted by Crippen LogP contribution is -2.48. The number of aromatic nitrogens is 2. The van der Waals surface area contributed by atoms with Gasteiger partial charge in [0.25, 0.3) is 0 Å². The van der Waals surface area contributed by atoms with Crippen LogP contribution in [0.4, 0.5) is 15.6 Å². The molecule has 9 heteroatoms. The SMILES string of the molecule is Cc1ccc(Cc2nsc(N3CCN(CCNC(=O)Nc4ccccc4Br)CC3)n2)cc1. The molecule has 0 saturated carbocycles. The predicted octanol–water partition coefficient (Wildman–Crippen LogP) is 4.14. The molecule has 1 aromatic heterocycles. The molecule has 0 radical (unpaired) electrons. The Hall–Kier alpha value is -2.49. The highest BCUT2D eigenvalue weighted by Gasteiger charge is 2.20. The quantitative estimate of drug-likeness (QED) is 0.495. The number of nitrogens with zero attached hydrogens (tertiary/aromatic N) is 4. The first kappa shape index (κ1) is 22.7. The van der Waals surface area contributed by atoms with Crippen molar-refractivity contribution in [2.24, 2.45) is 0 Å². The molecule has 2 heterocycles. The molecule has 4 rings (SSSR count). The molecule has 1 aliphatic heterocycles. The number of aryl methyl sites for hydroxylation is 1. The molecule has 0 spiro atoms. The Bertz CT molecular complexity index is 1030. The lowest BCUT2D eigenvalue weighted by atomic mass is 10.1. The van der Waals surface area contributed by atoms with Crippen molar-refractivity contribution in [1.29, 1.82) is 0 Å². The third kappa shape index (κ3) is 6.27. The van der Waals surface area contributed by atoms with Crippen molar-refractivity contribution in [2.45, 2.75) is 13.3 Å². The Kier molecular flexibility index (Phi) is 7.72. The molecule has 3 aromatic rings. The third-order valence-electron chi connectivity index (χ3n) is 5.42. The maximum absolute atomic E-state index is 12.1. The molecule has 1 aliphatic rings. The van der Waals surface area contributed by atoms with Gasteiger partial charge in [-0.25, -0.2) is 9.78 Å². The second kappa shape index (κ2) is 10.9. The maximum Gasteiger partial charge on any atom is 0.319 e. The van der Waals surface area contributed by atoms with Crippen LogP contribution in [0, 0.1) is 6.92 Å². The van der Waals surface area contributed by atoms with Crippen molar-refractivity contribution < 1.29 is 4.79 Å². The van der Waals surface area contributed by atoms with Gasteiger partial charge in [-0.05, 0) is 40.5 Å². The van der Waals surface area contributed by atoms with Crippen molar-refractivity contribution in [3.63, 3.8) is 0 Å². The Morgan fingerprint density at radius 2 is 1.84 bits per heavy atom. The van der Waals surface area contributed by atoms with Gasteiger partial charge in [0.15, 0.2) is 0 Å². The fourth-order valence-corrected chi connectivity index (χ4v) is 4.67. The number of halogens is 1. The zero-order valence-corrected chi connectivity index (χ0v) is 20.5. The average Bonchev–Trinajstić information content (AvgIpc) is 3.26. The lowest BCUT2D eigenvalue weighted by molar-refractivity contribution is 0.240. The van der Waals surface area contributed by atoms with Gasteiger partial charge in [-0.2, -0.15) is 4.37 Å². The van der Waals surface area contributed by atoms with Crippen molar-refractivity contribution >= 4 is 44.3 Å². The largest absolute Gasteiger partial charge is 0.344 e. The molecule has 2 N–H and O–H groups in total. The molecule has 0 aliphatic carbocycles. The van der Waals surface area contributed by atoms with Gasteiger partial charge in [-0.1, -0.05) is 42.0 Å². The third-order valence-corrected chi connectivity index (χ3v) is 6.92. The van der Waals surface area contributed by atoms with Crippen molar-refractivity contribution in [3.8, 4) is 0 Å². The van der Waals surface area contributed by atoms with Gasteiger partial charge in [0.2, 0.25) is 5.13 Å². The first-order valence-corrected chi connectivity index (χ1v) is 12.3. The molecule has 1 fully saturated rings. The van der Waals surface area contributed by atoms with Crippen LogP contribution in [0.5, 0.6) is 0 Å². The van der Waals surface area contributed by atoms with Crippen LogP contribution in [-0.2, 0) is 6.42 Å². The number of hydrogen-bond acceptors (Lipinski definition) is 6. The minimum atomic E-state index is -0.189. The topological polar surface area (TPSA) is 73.4 Å². The number of carbonyl (C=O) groups is 1. The van der Waals surface area contributed by atoms with E-state index in [1.165, 1.54) is 22.7 Å². The second-order valence-corrected chi connectivity index (χ2v) is 9.43. The zero-order chi connectivity index (χ0) is 22.3. The summed E-state index contributed by atoms with van der Waals surface area (Å²) in [4.78, 5) is 21.5. The molecule has 168 valence electrons. The maximum atomic E-state index is 12.1. The standard InChI is InChI=1S/C23H27BrN6OS/c1-17-6-8-18(9-7-17)16-21-27-23(32-28-21)30-14-12-29(13-15-30)11-10-25-22(31)26-20-5-3-2-4-19(20)24/h2-9H,10-16H2,1H3,(H2,25,26,31). The van der Waals surface area contributed by atoms with Gasteiger partial charge in [0.05, 0.1) is 5.69 Å². The van der Waals surface area contributed by atoms with Gasteiger partial charge >= 0.3 is 6.03 Å². The van der Waals surface area contributed by atoms with Crippen LogP contribution in [0.25, 0.3) is 0 Å². The molecule has 1 saturated heterocycles. The summed E-state index contributed by atoms with van der Waals surface area (Å²) in [5.41, 5.74) is 3.26. The monoisotopic (exact) mass is 514 g/mol. The van der Waals surface area contributed by atoms with E-state index in [0.29, 0.717) is 6.54 Å². The van der Waals surface area contributed by atoms with E-state index in [4.69, 9.17) is 4.98 Å². The molecule has 2 aromatic carbocycles. The molecular formula is C23H27BrN6OS. The molecular weight excluding hydrogens is 488 g/mol. The van der Waals surface area contributed by atoms with Crippen LogP contribution in [-0.4, -0.2) is 59.6 Å². The molecule has 2 amide bonds. The highest BCUT2D eigenvalue weighted by atomic mass is 79.9. The van der Waals surface area contributed by atoms with Crippen molar-refractivity contribution in [1.82, 2.24) is 19.6 Å². The Morgan fingerprint density at radius 3 is 2.59 bits per heavy atom.